The third-order valence-corrected chi connectivity index (χ3v) is 5.58. The molecule has 0 N–H and O–H groups in total. The van der Waals surface area contributed by atoms with Gasteiger partial charge in [-0.15, -0.1) is 0 Å². The molecular formula is C30H27N3O3. The zero-order chi connectivity index (χ0) is 25.2. The Morgan fingerprint density at radius 3 is 0.917 bits per heavy atom. The van der Waals surface area contributed by atoms with Gasteiger partial charge in [-0.1, -0.05) is 127 Å². The Morgan fingerprint density at radius 2 is 0.667 bits per heavy atom. The summed E-state index contributed by atoms with van der Waals surface area (Å²) in [4.78, 5) is 39.5. The van der Waals surface area contributed by atoms with E-state index in [2.05, 4.69) is 0 Å². The maximum atomic E-state index is 13.2. The highest BCUT2D eigenvalue weighted by molar-refractivity contribution is 5.49. The number of hydrogen-bond acceptors (Lipinski definition) is 3. The van der Waals surface area contributed by atoms with Crippen molar-refractivity contribution in [3.05, 3.63) is 157 Å². The molecular weight excluding hydrogens is 450 g/mol. The topological polar surface area (TPSA) is 66.0 Å². The lowest BCUT2D eigenvalue weighted by Crippen LogP contribution is -2.54. The fourth-order valence-corrected chi connectivity index (χ4v) is 3.73. The second-order valence-corrected chi connectivity index (χ2v) is 8.12. The van der Waals surface area contributed by atoms with E-state index in [1.807, 2.05) is 109 Å². The van der Waals surface area contributed by atoms with Gasteiger partial charge >= 0.3 is 17.1 Å². The van der Waals surface area contributed by atoms with Crippen molar-refractivity contribution in [3.63, 3.8) is 0 Å². The minimum absolute atomic E-state index is 0.0532. The third-order valence-electron chi connectivity index (χ3n) is 5.58. The van der Waals surface area contributed by atoms with Crippen LogP contribution in [0.4, 0.5) is 0 Å². The molecule has 6 nitrogen and oxygen atoms in total. The van der Waals surface area contributed by atoms with E-state index < -0.39 is 17.1 Å². The van der Waals surface area contributed by atoms with Gasteiger partial charge in [-0.05, 0) is 16.7 Å². The van der Waals surface area contributed by atoms with Crippen LogP contribution in [0, 0.1) is 0 Å². The van der Waals surface area contributed by atoms with Crippen LogP contribution >= 0.6 is 0 Å². The molecule has 0 radical (unpaired) electrons. The van der Waals surface area contributed by atoms with Gasteiger partial charge in [-0.2, -0.15) is 0 Å². The summed E-state index contributed by atoms with van der Waals surface area (Å²) in [5.74, 6) is 0. The van der Waals surface area contributed by atoms with Crippen LogP contribution in [0.2, 0.25) is 0 Å². The molecule has 0 spiro atoms. The molecule has 0 bridgehead atoms. The quantitative estimate of drug-likeness (QED) is 0.361. The minimum atomic E-state index is -0.635. The average molecular weight is 478 g/mol. The molecule has 0 amide bonds. The number of hydrogen-bond donors (Lipinski definition) is 0. The van der Waals surface area contributed by atoms with E-state index in [1.165, 1.54) is 0 Å². The van der Waals surface area contributed by atoms with E-state index in [-0.39, 0.29) is 19.6 Å². The first-order valence-corrected chi connectivity index (χ1v) is 11.7. The fourth-order valence-electron chi connectivity index (χ4n) is 3.73. The molecule has 180 valence electrons. The smallest absolute Gasteiger partial charge is 0.247 e. The highest BCUT2D eigenvalue weighted by Gasteiger charge is 2.13. The average Bonchev–Trinajstić information content (AvgIpc) is 2.92. The first-order chi connectivity index (χ1) is 17.6. The monoisotopic (exact) mass is 477 g/mol. The van der Waals surface area contributed by atoms with Crippen molar-refractivity contribution in [1.82, 2.24) is 13.7 Å². The normalized spacial score (nSPS) is 11.7. The van der Waals surface area contributed by atoms with Crippen LogP contribution in [0.1, 0.15) is 16.7 Å². The number of benzene rings is 3. The summed E-state index contributed by atoms with van der Waals surface area (Å²) in [7, 11) is 0. The summed E-state index contributed by atoms with van der Waals surface area (Å²) in [5, 5.41) is 0. The molecule has 0 atom stereocenters. The van der Waals surface area contributed by atoms with Crippen LogP contribution in [0.15, 0.2) is 124 Å². The lowest BCUT2D eigenvalue weighted by molar-refractivity contribution is 0.502. The maximum Gasteiger partial charge on any atom is 0.336 e. The molecule has 1 aromatic heterocycles. The highest BCUT2D eigenvalue weighted by atomic mass is 16.2. The second-order valence-electron chi connectivity index (χ2n) is 8.12. The summed E-state index contributed by atoms with van der Waals surface area (Å²) in [6, 6.07) is 28.8. The predicted molar refractivity (Wildman–Crippen MR) is 146 cm³/mol. The first kappa shape index (κ1) is 24.4. The lowest BCUT2D eigenvalue weighted by atomic mass is 10.2. The molecule has 1 heterocycles. The molecule has 0 fully saturated rings. The van der Waals surface area contributed by atoms with Crippen molar-refractivity contribution in [1.29, 1.82) is 0 Å². The molecule has 0 saturated heterocycles. The molecule has 36 heavy (non-hydrogen) atoms. The summed E-state index contributed by atoms with van der Waals surface area (Å²) in [6.07, 6.45) is 10.8. The van der Waals surface area contributed by atoms with E-state index >= 15 is 0 Å². The fraction of sp³-hybridized carbons (Fsp3) is 0.100. The molecule has 4 rings (SSSR count). The van der Waals surface area contributed by atoms with Crippen molar-refractivity contribution in [2.24, 2.45) is 0 Å². The van der Waals surface area contributed by atoms with Gasteiger partial charge in [0.05, 0.1) is 19.6 Å². The Bertz CT molecular complexity index is 1320. The zero-order valence-electron chi connectivity index (χ0n) is 19.8. The Labute approximate surface area is 209 Å². The third kappa shape index (κ3) is 6.24. The van der Waals surface area contributed by atoms with Crippen molar-refractivity contribution < 1.29 is 0 Å². The Morgan fingerprint density at radius 1 is 0.417 bits per heavy atom. The lowest BCUT2D eigenvalue weighted by Gasteiger charge is -2.11. The number of aromatic nitrogens is 3. The molecule has 3 aromatic carbocycles. The number of nitrogens with zero attached hydrogens (tertiary/aromatic N) is 3. The van der Waals surface area contributed by atoms with Crippen LogP contribution in [0.25, 0.3) is 18.2 Å². The summed E-state index contributed by atoms with van der Waals surface area (Å²) >= 11 is 0. The van der Waals surface area contributed by atoms with E-state index in [0.29, 0.717) is 0 Å². The highest BCUT2D eigenvalue weighted by Crippen LogP contribution is 2.03. The molecule has 0 unspecified atom stereocenters. The Balaban J connectivity index is 1.67. The van der Waals surface area contributed by atoms with Crippen molar-refractivity contribution in [2.75, 3.05) is 0 Å². The molecule has 0 aliphatic heterocycles. The van der Waals surface area contributed by atoms with Crippen molar-refractivity contribution >= 4 is 18.2 Å². The van der Waals surface area contributed by atoms with E-state index in [0.717, 1.165) is 30.4 Å². The van der Waals surface area contributed by atoms with E-state index in [4.69, 9.17) is 0 Å². The van der Waals surface area contributed by atoms with Crippen LogP contribution in [-0.2, 0) is 19.6 Å². The molecule has 0 aliphatic rings. The number of allylic oxidation sites excluding steroid dienone is 3. The van der Waals surface area contributed by atoms with Crippen LogP contribution < -0.4 is 17.1 Å². The summed E-state index contributed by atoms with van der Waals surface area (Å²) < 4.78 is 3.27. The maximum absolute atomic E-state index is 13.2. The van der Waals surface area contributed by atoms with Gasteiger partial charge in [-0.25, -0.2) is 28.1 Å². The van der Waals surface area contributed by atoms with Gasteiger partial charge in [0.2, 0.25) is 0 Å². The minimum Gasteiger partial charge on any atom is -0.247 e. The Kier molecular flexibility index (Phi) is 8.22. The van der Waals surface area contributed by atoms with Crippen LogP contribution in [0.5, 0.6) is 0 Å². The van der Waals surface area contributed by atoms with Crippen molar-refractivity contribution in [3.8, 4) is 0 Å². The van der Waals surface area contributed by atoms with E-state index in [1.54, 1.807) is 18.2 Å². The largest absolute Gasteiger partial charge is 0.336 e. The van der Waals surface area contributed by atoms with Gasteiger partial charge in [0.1, 0.15) is 0 Å². The summed E-state index contributed by atoms with van der Waals surface area (Å²) in [5.41, 5.74) is 0.957. The second kappa shape index (κ2) is 12.1. The van der Waals surface area contributed by atoms with E-state index in [9.17, 15) is 14.4 Å². The predicted octanol–water partition coefficient (Wildman–Crippen LogP) is 4.31. The molecule has 6 heteroatoms. The van der Waals surface area contributed by atoms with Gasteiger partial charge < -0.3 is 0 Å². The standard InChI is InChI=1S/C30H27N3O3/c34-28-31(22-10-19-25-13-4-1-5-14-25)29(35)33(24-12-21-27-17-8-3-9-18-27)30(36)32(28)23-11-20-26-15-6-2-7-16-26/h1-21H,22-24H2/b19-10+,20-11+,21-12+. The SMILES string of the molecule is O=c1n(C/C=C/c2ccccc2)c(=O)n(C/C=C/c2ccccc2)c(=O)n1C/C=C/c1ccccc1. The number of rotatable bonds is 9. The van der Waals surface area contributed by atoms with Gasteiger partial charge in [0.25, 0.3) is 0 Å². The zero-order valence-corrected chi connectivity index (χ0v) is 19.8. The molecule has 4 aromatic rings. The Hall–Kier alpha value is -4.71. The van der Waals surface area contributed by atoms with Gasteiger partial charge in [-0.3, -0.25) is 0 Å². The van der Waals surface area contributed by atoms with Crippen LogP contribution in [0.3, 0.4) is 0 Å². The van der Waals surface area contributed by atoms with Gasteiger partial charge in [0, 0.05) is 0 Å². The molecule has 0 saturated carbocycles. The molecule has 0 aliphatic carbocycles. The van der Waals surface area contributed by atoms with Crippen molar-refractivity contribution in [2.45, 2.75) is 19.6 Å². The van der Waals surface area contributed by atoms with Crippen LogP contribution in [-0.4, -0.2) is 13.7 Å². The van der Waals surface area contributed by atoms with Gasteiger partial charge in [0.15, 0.2) is 0 Å². The summed E-state index contributed by atoms with van der Waals surface area (Å²) in [6.45, 7) is 0.160. The first-order valence-electron chi connectivity index (χ1n) is 11.7.